The van der Waals surface area contributed by atoms with Gasteiger partial charge in [-0.25, -0.2) is 0 Å². The van der Waals surface area contributed by atoms with E-state index in [0.29, 0.717) is 0 Å². The molecular formula is C19H19NO. The lowest BCUT2D eigenvalue weighted by atomic mass is 9.71. The van der Waals surface area contributed by atoms with Gasteiger partial charge in [0, 0.05) is 11.8 Å². The molecule has 2 nitrogen and oxygen atoms in total. The molecule has 1 N–H and O–H groups in total. The van der Waals surface area contributed by atoms with Gasteiger partial charge in [-0.1, -0.05) is 78.0 Å². The zero-order chi connectivity index (χ0) is 14.7. The molecule has 0 aliphatic heterocycles. The summed E-state index contributed by atoms with van der Waals surface area (Å²) in [6.07, 6.45) is 1.91. The predicted molar refractivity (Wildman–Crippen MR) is 86.0 cm³/mol. The van der Waals surface area contributed by atoms with E-state index in [9.17, 15) is 5.21 Å². The van der Waals surface area contributed by atoms with Gasteiger partial charge in [0.2, 0.25) is 0 Å². The fraction of sp³-hybridized carbons (Fsp3) is 0.211. The molecule has 21 heavy (non-hydrogen) atoms. The average Bonchev–Trinajstić information content (AvgIpc) is 2.56. The summed E-state index contributed by atoms with van der Waals surface area (Å²) < 4.78 is 0. The van der Waals surface area contributed by atoms with E-state index in [2.05, 4.69) is 36.0 Å². The molecule has 1 aliphatic carbocycles. The maximum Gasteiger partial charge on any atom is 0.0760 e. The minimum Gasteiger partial charge on any atom is -0.411 e. The minimum absolute atomic E-state index is 0.00940. The molecule has 2 unspecified atom stereocenters. The Morgan fingerprint density at radius 3 is 2.05 bits per heavy atom. The highest BCUT2D eigenvalue weighted by molar-refractivity contribution is 5.99. The minimum atomic E-state index is 0.00940. The first kappa shape index (κ1) is 13.6. The van der Waals surface area contributed by atoms with Crippen molar-refractivity contribution in [2.24, 2.45) is 5.16 Å². The molecule has 1 saturated carbocycles. The van der Waals surface area contributed by atoms with E-state index in [4.69, 9.17) is 0 Å². The number of hydrogen-bond donors (Lipinski definition) is 1. The maximum atomic E-state index is 9.62. The van der Waals surface area contributed by atoms with Gasteiger partial charge < -0.3 is 5.21 Å². The van der Waals surface area contributed by atoms with Crippen molar-refractivity contribution >= 4 is 5.71 Å². The Labute approximate surface area is 125 Å². The van der Waals surface area contributed by atoms with Crippen LogP contribution in [0.4, 0.5) is 0 Å². The number of rotatable bonds is 2. The molecule has 3 rings (SSSR count). The van der Waals surface area contributed by atoms with Crippen LogP contribution in [0.3, 0.4) is 0 Å². The number of allylic oxidation sites excluding steroid dienone is 1. The molecule has 106 valence electrons. The van der Waals surface area contributed by atoms with Gasteiger partial charge in [-0.2, -0.15) is 0 Å². The third kappa shape index (κ3) is 2.62. The molecule has 0 spiro atoms. The first-order valence-electron chi connectivity index (χ1n) is 7.30. The normalized spacial score (nSPS) is 24.2. The molecule has 2 aromatic rings. The summed E-state index contributed by atoms with van der Waals surface area (Å²) in [5.41, 5.74) is 4.29. The van der Waals surface area contributed by atoms with Gasteiger partial charge in [-0.3, -0.25) is 0 Å². The first-order chi connectivity index (χ1) is 10.3. The summed E-state index contributed by atoms with van der Waals surface area (Å²) >= 11 is 0. The average molecular weight is 277 g/mol. The summed E-state index contributed by atoms with van der Waals surface area (Å²) in [5, 5.41) is 13.3. The molecule has 2 aromatic carbocycles. The highest BCUT2D eigenvalue weighted by atomic mass is 16.4. The molecular weight excluding hydrogens is 258 g/mol. The molecule has 1 aliphatic rings. The molecule has 0 heterocycles. The summed E-state index contributed by atoms with van der Waals surface area (Å²) in [7, 11) is 0. The molecule has 2 atom stereocenters. The van der Waals surface area contributed by atoms with Gasteiger partial charge in [0.1, 0.15) is 0 Å². The Kier molecular flexibility index (Phi) is 3.87. The smallest absolute Gasteiger partial charge is 0.0760 e. The van der Waals surface area contributed by atoms with Crippen molar-refractivity contribution in [1.82, 2.24) is 0 Å². The van der Waals surface area contributed by atoms with Crippen molar-refractivity contribution in [3.63, 3.8) is 0 Å². The zero-order valence-corrected chi connectivity index (χ0v) is 11.9. The van der Waals surface area contributed by atoms with Crippen LogP contribution in [0.5, 0.6) is 0 Å². The number of benzene rings is 2. The third-order valence-corrected chi connectivity index (χ3v) is 4.27. The highest BCUT2D eigenvalue weighted by Crippen LogP contribution is 2.41. The van der Waals surface area contributed by atoms with Crippen LogP contribution in [0, 0.1) is 0 Å². The van der Waals surface area contributed by atoms with Gasteiger partial charge in [0.25, 0.3) is 0 Å². The first-order valence-corrected chi connectivity index (χ1v) is 7.30. The van der Waals surface area contributed by atoms with Crippen LogP contribution in [0.2, 0.25) is 0 Å². The molecule has 0 aromatic heterocycles. The largest absolute Gasteiger partial charge is 0.411 e. The molecule has 0 saturated heterocycles. The van der Waals surface area contributed by atoms with Crippen molar-refractivity contribution in [2.45, 2.75) is 24.7 Å². The van der Waals surface area contributed by atoms with Crippen molar-refractivity contribution < 1.29 is 5.21 Å². The van der Waals surface area contributed by atoms with Crippen LogP contribution in [-0.4, -0.2) is 10.9 Å². The van der Waals surface area contributed by atoms with Crippen molar-refractivity contribution in [1.29, 1.82) is 0 Å². The second kappa shape index (κ2) is 5.96. The monoisotopic (exact) mass is 277 g/mol. The Balaban J connectivity index is 2.01. The summed E-state index contributed by atoms with van der Waals surface area (Å²) in [5.74, 6) is 0.169. The molecule has 0 amide bonds. The van der Waals surface area contributed by atoms with Gasteiger partial charge in [-0.15, -0.1) is 0 Å². The molecule has 0 bridgehead atoms. The Morgan fingerprint density at radius 1 is 0.905 bits per heavy atom. The lowest BCUT2D eigenvalue weighted by molar-refractivity contribution is 0.313. The van der Waals surface area contributed by atoms with Crippen molar-refractivity contribution in [2.75, 3.05) is 0 Å². The fourth-order valence-electron chi connectivity index (χ4n) is 3.23. The second-order valence-electron chi connectivity index (χ2n) is 5.53. The zero-order valence-electron chi connectivity index (χ0n) is 11.9. The van der Waals surface area contributed by atoms with Gasteiger partial charge in [0.05, 0.1) is 5.71 Å². The Hall–Kier alpha value is -2.35. The third-order valence-electron chi connectivity index (χ3n) is 4.27. The van der Waals surface area contributed by atoms with Crippen molar-refractivity contribution in [3.05, 3.63) is 83.9 Å². The van der Waals surface area contributed by atoms with E-state index in [1.54, 1.807) is 0 Å². The van der Waals surface area contributed by atoms with E-state index in [0.717, 1.165) is 29.7 Å². The fourth-order valence-corrected chi connectivity index (χ4v) is 3.23. The number of hydrogen-bond acceptors (Lipinski definition) is 2. The quantitative estimate of drug-likeness (QED) is 0.480. The van der Waals surface area contributed by atoms with Crippen LogP contribution < -0.4 is 0 Å². The Bertz CT molecular complexity index is 646. The standard InChI is InChI=1S/C19H19NO/c1-14-12-13-17(15-8-4-2-5-9-15)19(20-21)18(14)16-10-6-3-7-11-16/h2-11,17-18,21H,1,12-13H2. The van der Waals surface area contributed by atoms with Crippen LogP contribution in [0.25, 0.3) is 0 Å². The predicted octanol–water partition coefficient (Wildman–Crippen LogP) is 4.73. The summed E-state index contributed by atoms with van der Waals surface area (Å²) in [6.45, 7) is 4.21. The lowest BCUT2D eigenvalue weighted by Crippen LogP contribution is -2.27. The van der Waals surface area contributed by atoms with Crippen LogP contribution in [-0.2, 0) is 0 Å². The van der Waals surface area contributed by atoms with E-state index < -0.39 is 0 Å². The second-order valence-corrected chi connectivity index (χ2v) is 5.53. The Morgan fingerprint density at radius 2 is 1.48 bits per heavy atom. The highest BCUT2D eigenvalue weighted by Gasteiger charge is 2.34. The van der Waals surface area contributed by atoms with Gasteiger partial charge in [0.15, 0.2) is 0 Å². The SMILES string of the molecule is C=C1CCC(c2ccccc2)C(=NO)C1c1ccccc1. The van der Waals surface area contributed by atoms with E-state index >= 15 is 0 Å². The number of oxime groups is 1. The summed E-state index contributed by atoms with van der Waals surface area (Å²) in [6, 6.07) is 20.5. The molecule has 2 heteroatoms. The number of nitrogens with zero attached hydrogens (tertiary/aromatic N) is 1. The summed E-state index contributed by atoms with van der Waals surface area (Å²) in [4.78, 5) is 0. The van der Waals surface area contributed by atoms with E-state index in [1.165, 1.54) is 5.56 Å². The van der Waals surface area contributed by atoms with Crippen LogP contribution in [0.1, 0.15) is 35.8 Å². The lowest BCUT2D eigenvalue weighted by Gasteiger charge is -2.32. The maximum absolute atomic E-state index is 9.62. The van der Waals surface area contributed by atoms with Crippen LogP contribution in [0.15, 0.2) is 78.0 Å². The van der Waals surface area contributed by atoms with E-state index in [1.807, 2.05) is 36.4 Å². The van der Waals surface area contributed by atoms with E-state index in [-0.39, 0.29) is 11.8 Å². The molecule has 1 fully saturated rings. The van der Waals surface area contributed by atoms with Crippen molar-refractivity contribution in [3.8, 4) is 0 Å². The molecule has 0 radical (unpaired) electrons. The van der Waals surface area contributed by atoms with Gasteiger partial charge in [-0.05, 0) is 24.0 Å². The topological polar surface area (TPSA) is 32.6 Å². The van der Waals surface area contributed by atoms with Gasteiger partial charge >= 0.3 is 0 Å². The van der Waals surface area contributed by atoms with Crippen LogP contribution >= 0.6 is 0 Å².